The highest BCUT2D eigenvalue weighted by Crippen LogP contribution is 2.36. The number of amides is 1. The number of primary amides is 1. The van der Waals surface area contributed by atoms with Crippen LogP contribution >= 0.6 is 47.9 Å². The summed E-state index contributed by atoms with van der Waals surface area (Å²) in [6.45, 7) is 1.21. The zero-order valence-corrected chi connectivity index (χ0v) is 21.7. The lowest BCUT2D eigenvalue weighted by atomic mass is 10.2. The molecule has 14 heteroatoms. The number of carbonyl (C=O) groups is 1. The summed E-state index contributed by atoms with van der Waals surface area (Å²) in [6.07, 6.45) is 3.96. The van der Waals surface area contributed by atoms with Crippen LogP contribution in [0.2, 0.25) is 5.02 Å². The summed E-state index contributed by atoms with van der Waals surface area (Å²) in [5.41, 5.74) is 12.3. The van der Waals surface area contributed by atoms with Crippen molar-refractivity contribution in [1.82, 2.24) is 18.9 Å². The van der Waals surface area contributed by atoms with E-state index >= 15 is 0 Å². The van der Waals surface area contributed by atoms with E-state index < -0.39 is 6.09 Å². The number of nitrogens with zero attached hydrogens (tertiary/aromatic N) is 4. The molecule has 0 aliphatic carbocycles. The van der Waals surface area contributed by atoms with Crippen LogP contribution in [0.15, 0.2) is 61.2 Å². The lowest BCUT2D eigenvalue weighted by molar-refractivity contribution is 0.205. The molecule has 3 aromatic heterocycles. The molecule has 0 saturated heterocycles. The molecule has 0 saturated carbocycles. The molecule has 0 atom stereocenters. The summed E-state index contributed by atoms with van der Waals surface area (Å²) in [4.78, 5) is 17.5. The van der Waals surface area contributed by atoms with E-state index in [1.807, 2.05) is 53.2 Å². The molecule has 0 unspecified atom stereocenters. The number of benzene rings is 2. The highest BCUT2D eigenvalue weighted by molar-refractivity contribution is 7.13. The number of anilines is 2. The molecule has 0 fully saturated rings. The van der Waals surface area contributed by atoms with Gasteiger partial charge in [-0.05, 0) is 47.9 Å². The van der Waals surface area contributed by atoms with Crippen molar-refractivity contribution >= 4 is 86.7 Å². The predicted molar refractivity (Wildman–Crippen MR) is 148 cm³/mol. The third-order valence-corrected chi connectivity index (χ3v) is 5.75. The van der Waals surface area contributed by atoms with Crippen molar-refractivity contribution in [3.63, 3.8) is 0 Å². The van der Waals surface area contributed by atoms with Gasteiger partial charge in [-0.2, -0.15) is 4.37 Å². The second-order valence-electron chi connectivity index (χ2n) is 6.96. The van der Waals surface area contributed by atoms with Crippen molar-refractivity contribution in [2.75, 3.05) is 11.9 Å². The first-order valence-electron chi connectivity index (χ1n) is 10.0. The molecule has 0 aliphatic rings. The number of ether oxygens (including phenoxy) is 1. The lowest BCUT2D eigenvalue weighted by Crippen LogP contribution is -2.10. The van der Waals surface area contributed by atoms with Gasteiger partial charge in [0, 0.05) is 25.0 Å². The minimum absolute atomic E-state index is 0. The molecule has 3 heterocycles. The third kappa shape index (κ3) is 6.65. The van der Waals surface area contributed by atoms with Gasteiger partial charge in [-0.1, -0.05) is 17.7 Å². The van der Waals surface area contributed by atoms with Crippen LogP contribution in [-0.4, -0.2) is 36.7 Å². The number of nitrogens with two attached hydrogens (primary N) is 2. The maximum Gasteiger partial charge on any atom is 0.402 e. The number of nitrogens with one attached hydrogen (secondary N) is 1. The van der Waals surface area contributed by atoms with E-state index in [1.54, 1.807) is 6.20 Å². The van der Waals surface area contributed by atoms with E-state index in [0.29, 0.717) is 29.7 Å². The van der Waals surface area contributed by atoms with Crippen molar-refractivity contribution in [2.24, 2.45) is 11.5 Å². The molecular formula is C22H22Cl3N7O3S. The summed E-state index contributed by atoms with van der Waals surface area (Å²) in [7, 11) is 0. The number of carboxylic acid groups (broad SMARTS) is 1. The summed E-state index contributed by atoms with van der Waals surface area (Å²) in [6, 6.07) is 13.4. The van der Waals surface area contributed by atoms with Crippen LogP contribution < -0.4 is 21.5 Å². The first-order chi connectivity index (χ1) is 16.5. The predicted octanol–water partition coefficient (Wildman–Crippen LogP) is 5.66. The van der Waals surface area contributed by atoms with E-state index in [9.17, 15) is 0 Å². The Balaban J connectivity index is 0.000000710. The summed E-state index contributed by atoms with van der Waals surface area (Å²) in [5, 5.41) is 12.0. The molecule has 6 N–H and O–H groups in total. The molecule has 5 rings (SSSR count). The smallest absolute Gasteiger partial charge is 0.402 e. The Bertz CT molecular complexity index is 1460. The number of aromatic nitrogens is 4. The van der Waals surface area contributed by atoms with Crippen LogP contribution in [-0.2, 0) is 6.54 Å². The van der Waals surface area contributed by atoms with Gasteiger partial charge in [0.25, 0.3) is 0 Å². The van der Waals surface area contributed by atoms with Gasteiger partial charge in [0.15, 0.2) is 5.82 Å². The molecule has 190 valence electrons. The lowest BCUT2D eigenvalue weighted by Gasteiger charge is -2.12. The third-order valence-electron chi connectivity index (χ3n) is 4.69. The highest BCUT2D eigenvalue weighted by Gasteiger charge is 2.12. The number of hydrogen-bond donors (Lipinski definition) is 4. The molecular weight excluding hydrogens is 549 g/mol. The second-order valence-corrected chi connectivity index (χ2v) is 8.20. The van der Waals surface area contributed by atoms with Crippen LogP contribution in [0.1, 0.15) is 0 Å². The fourth-order valence-electron chi connectivity index (χ4n) is 3.32. The van der Waals surface area contributed by atoms with Crippen LogP contribution in [0.3, 0.4) is 0 Å². The molecule has 0 radical (unpaired) electrons. The quantitative estimate of drug-likeness (QED) is 0.204. The number of rotatable bonds is 6. The van der Waals surface area contributed by atoms with E-state index in [-0.39, 0.29) is 24.8 Å². The number of hydrogen-bond acceptors (Lipinski definition) is 8. The van der Waals surface area contributed by atoms with Gasteiger partial charge < -0.3 is 31.2 Å². The maximum atomic E-state index is 8.78. The Labute approximate surface area is 227 Å². The van der Waals surface area contributed by atoms with Gasteiger partial charge in [0.1, 0.15) is 23.3 Å². The molecule has 0 spiro atoms. The number of fused-ring (bicyclic) bond motifs is 2. The fourth-order valence-corrected chi connectivity index (χ4v) is 4.20. The Morgan fingerprint density at radius 1 is 1.17 bits per heavy atom. The Morgan fingerprint density at radius 3 is 2.67 bits per heavy atom. The van der Waals surface area contributed by atoms with Crippen molar-refractivity contribution in [1.29, 1.82) is 0 Å². The van der Waals surface area contributed by atoms with Gasteiger partial charge >= 0.3 is 6.09 Å². The summed E-state index contributed by atoms with van der Waals surface area (Å²) >= 11 is 7.95. The van der Waals surface area contributed by atoms with E-state index in [1.165, 1.54) is 17.9 Å². The average molecular weight is 571 g/mol. The van der Waals surface area contributed by atoms with Gasteiger partial charge in [-0.3, -0.25) is 0 Å². The Morgan fingerprint density at radius 2 is 1.94 bits per heavy atom. The second kappa shape index (κ2) is 13.1. The van der Waals surface area contributed by atoms with E-state index in [2.05, 4.69) is 25.4 Å². The van der Waals surface area contributed by atoms with Crippen molar-refractivity contribution in [2.45, 2.75) is 6.54 Å². The Hall–Kier alpha value is -3.35. The molecule has 1 amide bonds. The largest absolute Gasteiger partial charge is 0.465 e. The van der Waals surface area contributed by atoms with Gasteiger partial charge in [0.05, 0.1) is 26.8 Å². The molecule has 2 aromatic carbocycles. The van der Waals surface area contributed by atoms with Crippen LogP contribution in [0.4, 0.5) is 16.3 Å². The minimum Gasteiger partial charge on any atom is -0.465 e. The van der Waals surface area contributed by atoms with E-state index in [4.69, 9.17) is 32.0 Å². The van der Waals surface area contributed by atoms with E-state index in [0.717, 1.165) is 32.6 Å². The SMILES string of the molecule is Cl.Cl.NC(=O)O.NCCn1ccc2ncnc(Nc3ccc(Oc4cccc5sncc45)c(Cl)c3)c21. The van der Waals surface area contributed by atoms with Crippen molar-refractivity contribution in [3.8, 4) is 11.5 Å². The van der Waals surface area contributed by atoms with Crippen LogP contribution in [0.25, 0.3) is 21.1 Å². The van der Waals surface area contributed by atoms with Gasteiger partial charge in [-0.15, -0.1) is 24.8 Å². The molecule has 5 aromatic rings. The first-order valence-corrected chi connectivity index (χ1v) is 11.2. The zero-order chi connectivity index (χ0) is 24.1. The summed E-state index contributed by atoms with van der Waals surface area (Å²) < 4.78 is 13.4. The molecule has 36 heavy (non-hydrogen) atoms. The minimum atomic E-state index is -1.33. The zero-order valence-electron chi connectivity index (χ0n) is 18.5. The fraction of sp³-hybridized carbons (Fsp3) is 0.0909. The average Bonchev–Trinajstić information content (AvgIpc) is 3.44. The first kappa shape index (κ1) is 28.9. The van der Waals surface area contributed by atoms with Crippen LogP contribution in [0, 0.1) is 0 Å². The topological polar surface area (TPSA) is 154 Å². The summed E-state index contributed by atoms with van der Waals surface area (Å²) in [5.74, 6) is 1.98. The standard InChI is InChI=1S/C21H17ClN6OS.CH3NO2.2ClH/c22-15-10-13(27-21-20-16(24-12-25-21)6-8-28(20)9-7-23)4-5-18(15)29-17-2-1-3-19-14(17)11-26-30-19;2-1(3)4;;/h1-6,8,10-12H,7,9,23H2,(H,24,25,27);2H2,(H,3,4);2*1H. The molecule has 0 aliphatic heterocycles. The van der Waals surface area contributed by atoms with Crippen molar-refractivity contribution < 1.29 is 14.6 Å². The Kier molecular flexibility index (Phi) is 10.5. The number of halogens is 3. The highest BCUT2D eigenvalue weighted by atomic mass is 35.5. The van der Waals surface area contributed by atoms with Gasteiger partial charge in [-0.25, -0.2) is 14.8 Å². The van der Waals surface area contributed by atoms with Gasteiger partial charge in [0.2, 0.25) is 0 Å². The van der Waals surface area contributed by atoms with Crippen LogP contribution in [0.5, 0.6) is 11.5 Å². The molecule has 0 bridgehead atoms. The normalized spacial score (nSPS) is 10.1. The maximum absolute atomic E-state index is 8.78. The van der Waals surface area contributed by atoms with Crippen molar-refractivity contribution in [3.05, 3.63) is 66.2 Å². The molecule has 10 nitrogen and oxygen atoms in total. The monoisotopic (exact) mass is 569 g/mol.